The van der Waals surface area contributed by atoms with E-state index in [9.17, 15) is 9.18 Å². The van der Waals surface area contributed by atoms with Crippen LogP contribution in [0.25, 0.3) is 5.69 Å². The van der Waals surface area contributed by atoms with Gasteiger partial charge in [-0.15, -0.1) is 0 Å². The number of benzene rings is 1. The van der Waals surface area contributed by atoms with Gasteiger partial charge in [-0.1, -0.05) is 17.8 Å². The molecule has 5 nitrogen and oxygen atoms in total. The second kappa shape index (κ2) is 7.36. The normalized spacial score (nSPS) is 21.0. The third kappa shape index (κ3) is 3.96. The Balaban J connectivity index is 1.65. The van der Waals surface area contributed by atoms with E-state index in [1.807, 2.05) is 24.8 Å². The van der Waals surface area contributed by atoms with Gasteiger partial charge in [-0.3, -0.25) is 9.36 Å². The lowest BCUT2D eigenvalue weighted by atomic mass is 10.2. The van der Waals surface area contributed by atoms with Crippen LogP contribution in [0.5, 0.6) is 0 Å². The molecule has 2 aromatic rings. The van der Waals surface area contributed by atoms with Gasteiger partial charge in [0.15, 0.2) is 5.16 Å². The first-order valence-electron chi connectivity index (χ1n) is 7.88. The number of carbonyl (C=O) groups excluding carboxylic acids is 1. The highest BCUT2D eigenvalue weighted by atomic mass is 32.2. The molecule has 1 amide bonds. The molecule has 2 heterocycles. The lowest BCUT2D eigenvalue weighted by Crippen LogP contribution is -2.48. The van der Waals surface area contributed by atoms with Crippen LogP contribution in [0.3, 0.4) is 0 Å². The first-order chi connectivity index (χ1) is 11.5. The highest BCUT2D eigenvalue weighted by molar-refractivity contribution is 7.99. The summed E-state index contributed by atoms with van der Waals surface area (Å²) in [7, 11) is 0. The molecule has 128 valence electrons. The number of halogens is 1. The molecule has 0 bridgehead atoms. The van der Waals surface area contributed by atoms with Crippen LogP contribution in [0.4, 0.5) is 4.39 Å². The van der Waals surface area contributed by atoms with Crippen LogP contribution in [-0.4, -0.2) is 51.4 Å². The number of morpholine rings is 1. The van der Waals surface area contributed by atoms with E-state index in [0.29, 0.717) is 29.7 Å². The minimum absolute atomic E-state index is 0.0528. The summed E-state index contributed by atoms with van der Waals surface area (Å²) in [6, 6.07) is 6.30. The molecule has 7 heteroatoms. The van der Waals surface area contributed by atoms with Gasteiger partial charge in [-0.05, 0) is 32.0 Å². The molecule has 0 aliphatic carbocycles. The minimum Gasteiger partial charge on any atom is -0.372 e. The smallest absolute Gasteiger partial charge is 0.233 e. The third-order valence-electron chi connectivity index (χ3n) is 3.79. The molecule has 1 aliphatic heterocycles. The Morgan fingerprint density at radius 1 is 1.38 bits per heavy atom. The number of hydrogen-bond donors (Lipinski definition) is 0. The molecule has 1 aromatic carbocycles. The number of thioether (sulfide) groups is 1. The number of nitrogens with zero attached hydrogens (tertiary/aromatic N) is 3. The van der Waals surface area contributed by atoms with Crippen molar-refractivity contribution in [3.63, 3.8) is 0 Å². The highest BCUT2D eigenvalue weighted by Gasteiger charge is 2.26. The second-order valence-electron chi connectivity index (χ2n) is 5.90. The Morgan fingerprint density at radius 3 is 2.83 bits per heavy atom. The maximum absolute atomic E-state index is 13.4. The largest absolute Gasteiger partial charge is 0.372 e. The first kappa shape index (κ1) is 17.0. The van der Waals surface area contributed by atoms with Gasteiger partial charge in [-0.25, -0.2) is 9.37 Å². The highest BCUT2D eigenvalue weighted by Crippen LogP contribution is 2.22. The number of ether oxygens (including phenoxy) is 1. The van der Waals surface area contributed by atoms with Crippen LogP contribution >= 0.6 is 11.8 Å². The molecule has 1 aromatic heterocycles. The van der Waals surface area contributed by atoms with Crippen molar-refractivity contribution in [3.05, 3.63) is 42.5 Å². The van der Waals surface area contributed by atoms with Crippen LogP contribution in [0.15, 0.2) is 41.8 Å². The summed E-state index contributed by atoms with van der Waals surface area (Å²) >= 11 is 1.36. The van der Waals surface area contributed by atoms with E-state index < -0.39 is 0 Å². The molecule has 1 fully saturated rings. The number of rotatable bonds is 4. The summed E-state index contributed by atoms with van der Waals surface area (Å²) in [5.41, 5.74) is 0.691. The molecule has 0 saturated carbocycles. The van der Waals surface area contributed by atoms with Crippen molar-refractivity contribution in [2.45, 2.75) is 31.2 Å². The predicted octanol–water partition coefficient (Wildman–Crippen LogP) is 2.74. The number of carbonyl (C=O) groups is 1. The Morgan fingerprint density at radius 2 is 2.12 bits per heavy atom. The fourth-order valence-corrected chi connectivity index (χ4v) is 3.69. The van der Waals surface area contributed by atoms with E-state index in [-0.39, 0.29) is 23.9 Å². The molecule has 0 radical (unpaired) electrons. The van der Waals surface area contributed by atoms with Gasteiger partial charge < -0.3 is 9.64 Å². The average Bonchev–Trinajstić information content (AvgIpc) is 3.00. The summed E-state index contributed by atoms with van der Waals surface area (Å²) in [5, 5.41) is 0.670. The Kier molecular flexibility index (Phi) is 5.20. The van der Waals surface area contributed by atoms with Crippen LogP contribution in [0.1, 0.15) is 13.8 Å². The van der Waals surface area contributed by atoms with E-state index in [2.05, 4.69) is 4.98 Å². The van der Waals surface area contributed by atoms with Crippen molar-refractivity contribution in [1.82, 2.24) is 14.5 Å². The lowest BCUT2D eigenvalue weighted by molar-refractivity contribution is -0.140. The predicted molar refractivity (Wildman–Crippen MR) is 90.8 cm³/mol. The molecule has 0 N–H and O–H groups in total. The minimum atomic E-state index is -0.301. The summed E-state index contributed by atoms with van der Waals surface area (Å²) in [4.78, 5) is 18.6. The molecule has 3 rings (SSSR count). The van der Waals surface area contributed by atoms with Gasteiger partial charge in [-0.2, -0.15) is 0 Å². The average molecular weight is 349 g/mol. The van der Waals surface area contributed by atoms with Gasteiger partial charge in [0.25, 0.3) is 0 Å². The lowest BCUT2D eigenvalue weighted by Gasteiger charge is -2.35. The van der Waals surface area contributed by atoms with Gasteiger partial charge in [0.2, 0.25) is 5.91 Å². The van der Waals surface area contributed by atoms with Crippen molar-refractivity contribution in [2.75, 3.05) is 18.8 Å². The van der Waals surface area contributed by atoms with Crippen LogP contribution in [-0.2, 0) is 9.53 Å². The van der Waals surface area contributed by atoms with E-state index in [1.54, 1.807) is 23.0 Å². The zero-order valence-electron chi connectivity index (χ0n) is 13.7. The fraction of sp³-hybridized carbons (Fsp3) is 0.412. The van der Waals surface area contributed by atoms with E-state index in [1.165, 1.54) is 23.9 Å². The van der Waals surface area contributed by atoms with Gasteiger partial charge in [0.05, 0.1) is 23.6 Å². The summed E-state index contributed by atoms with van der Waals surface area (Å²) in [5.74, 6) is 0.0616. The third-order valence-corrected chi connectivity index (χ3v) is 4.74. The monoisotopic (exact) mass is 349 g/mol. The number of hydrogen-bond acceptors (Lipinski definition) is 4. The molecule has 0 spiro atoms. The maximum atomic E-state index is 13.4. The van der Waals surface area contributed by atoms with Crippen LogP contribution < -0.4 is 0 Å². The molecule has 1 saturated heterocycles. The first-order valence-corrected chi connectivity index (χ1v) is 8.87. The van der Waals surface area contributed by atoms with Crippen molar-refractivity contribution in [3.8, 4) is 5.69 Å². The van der Waals surface area contributed by atoms with Crippen molar-refractivity contribution < 1.29 is 13.9 Å². The summed E-state index contributed by atoms with van der Waals surface area (Å²) in [6.07, 6.45) is 3.52. The standard InChI is InChI=1S/C17H20FN3O2S/c1-12-9-20(10-13(2)23-12)16(22)11-24-17-19-6-7-21(17)15-5-3-4-14(18)8-15/h3-8,12-13H,9-11H2,1-2H3. The van der Waals surface area contributed by atoms with Gasteiger partial charge >= 0.3 is 0 Å². The van der Waals surface area contributed by atoms with E-state index >= 15 is 0 Å². The van der Waals surface area contributed by atoms with Crippen molar-refractivity contribution >= 4 is 17.7 Å². The van der Waals surface area contributed by atoms with E-state index in [4.69, 9.17) is 4.74 Å². The van der Waals surface area contributed by atoms with Gasteiger partial charge in [0.1, 0.15) is 5.82 Å². The second-order valence-corrected chi connectivity index (χ2v) is 6.85. The Labute approximate surface area is 144 Å². The molecule has 1 aliphatic rings. The molecule has 2 unspecified atom stereocenters. The Hall–Kier alpha value is -1.86. The van der Waals surface area contributed by atoms with Crippen LogP contribution in [0.2, 0.25) is 0 Å². The quantitative estimate of drug-likeness (QED) is 0.797. The fourth-order valence-electron chi connectivity index (χ4n) is 2.82. The zero-order valence-corrected chi connectivity index (χ0v) is 14.5. The Bertz CT molecular complexity index is 711. The zero-order chi connectivity index (χ0) is 17.1. The van der Waals surface area contributed by atoms with Crippen molar-refractivity contribution in [2.24, 2.45) is 0 Å². The number of imidazole rings is 1. The summed E-state index contributed by atoms with van der Waals surface area (Å²) < 4.78 is 20.8. The molecule has 2 atom stereocenters. The molecule has 24 heavy (non-hydrogen) atoms. The maximum Gasteiger partial charge on any atom is 0.233 e. The van der Waals surface area contributed by atoms with Crippen LogP contribution in [0, 0.1) is 5.82 Å². The summed E-state index contributed by atoms with van der Waals surface area (Å²) in [6.45, 7) is 5.17. The number of amides is 1. The molecular weight excluding hydrogens is 329 g/mol. The topological polar surface area (TPSA) is 47.4 Å². The molecular formula is C17H20FN3O2S. The number of aromatic nitrogens is 2. The van der Waals surface area contributed by atoms with E-state index in [0.717, 1.165) is 0 Å². The SMILES string of the molecule is CC1CN(C(=O)CSc2nccn2-c2cccc(F)c2)CC(C)O1. The van der Waals surface area contributed by atoms with Crippen molar-refractivity contribution in [1.29, 1.82) is 0 Å². The van der Waals surface area contributed by atoms with Gasteiger partial charge in [0, 0.05) is 25.5 Å².